The van der Waals surface area contributed by atoms with E-state index in [-0.39, 0.29) is 5.92 Å². The van der Waals surface area contributed by atoms with Crippen LogP contribution in [0.1, 0.15) is 51.4 Å². The molecule has 1 saturated heterocycles. The van der Waals surface area contributed by atoms with Crippen LogP contribution in [0.25, 0.3) is 0 Å². The first-order valence-corrected chi connectivity index (χ1v) is 9.02. The molecule has 2 N–H and O–H groups in total. The second kappa shape index (κ2) is 7.10. The smallest absolute Gasteiger partial charge is 0.226 e. The summed E-state index contributed by atoms with van der Waals surface area (Å²) in [6, 6.07) is 0.795. The molecule has 3 fully saturated rings. The van der Waals surface area contributed by atoms with E-state index >= 15 is 0 Å². The third-order valence-corrected chi connectivity index (χ3v) is 5.96. The van der Waals surface area contributed by atoms with Crippen molar-refractivity contribution in [3.63, 3.8) is 0 Å². The van der Waals surface area contributed by atoms with Gasteiger partial charge >= 0.3 is 0 Å². The van der Waals surface area contributed by atoms with Gasteiger partial charge in [0.05, 0.1) is 0 Å². The van der Waals surface area contributed by atoms with Crippen LogP contribution in [0.15, 0.2) is 0 Å². The Bertz CT molecular complexity index is 354. The number of hydrogen-bond donors (Lipinski definition) is 1. The summed E-state index contributed by atoms with van der Waals surface area (Å²) in [5.74, 6) is 1.05. The van der Waals surface area contributed by atoms with Crippen LogP contribution in [0.5, 0.6) is 0 Å². The molecule has 3 rings (SSSR count). The zero-order valence-electron chi connectivity index (χ0n) is 13.3. The van der Waals surface area contributed by atoms with E-state index in [2.05, 4.69) is 9.80 Å². The highest BCUT2D eigenvalue weighted by Crippen LogP contribution is 2.33. The highest BCUT2D eigenvalue weighted by Gasteiger charge is 2.35. The Kier molecular flexibility index (Phi) is 5.17. The molecule has 21 heavy (non-hydrogen) atoms. The molecule has 0 aromatic carbocycles. The van der Waals surface area contributed by atoms with Gasteiger partial charge in [0.25, 0.3) is 0 Å². The van der Waals surface area contributed by atoms with E-state index in [9.17, 15) is 4.79 Å². The average Bonchev–Trinajstić information content (AvgIpc) is 3.14. The molecule has 1 heterocycles. The zero-order chi connectivity index (χ0) is 14.7. The van der Waals surface area contributed by atoms with Crippen molar-refractivity contribution in [2.45, 2.75) is 57.4 Å². The van der Waals surface area contributed by atoms with Gasteiger partial charge in [-0.15, -0.1) is 0 Å². The second-order valence-corrected chi connectivity index (χ2v) is 7.19. The third-order valence-electron chi connectivity index (χ3n) is 5.96. The molecule has 4 nitrogen and oxygen atoms in total. The molecule has 1 aliphatic heterocycles. The summed E-state index contributed by atoms with van der Waals surface area (Å²) >= 11 is 0. The fourth-order valence-corrected chi connectivity index (χ4v) is 4.67. The summed E-state index contributed by atoms with van der Waals surface area (Å²) in [6.07, 6.45) is 10.0. The maximum atomic E-state index is 12.8. The number of nitrogens with zero attached hydrogens (tertiary/aromatic N) is 2. The fourth-order valence-electron chi connectivity index (χ4n) is 4.67. The molecule has 4 heteroatoms. The standard InChI is InChI=1S/C17H31N3O/c18-13-14-5-3-8-16(14)17(21)20-10-4-9-19(11-12-20)15-6-1-2-7-15/h14-16H,1-13,18H2/t14-,16-/m1/s1. The van der Waals surface area contributed by atoms with Gasteiger partial charge in [0.15, 0.2) is 0 Å². The van der Waals surface area contributed by atoms with Gasteiger partial charge in [0.1, 0.15) is 0 Å². The number of hydrogen-bond acceptors (Lipinski definition) is 3. The number of amides is 1. The first-order chi connectivity index (χ1) is 10.3. The summed E-state index contributed by atoms with van der Waals surface area (Å²) in [6.45, 7) is 4.83. The fraction of sp³-hybridized carbons (Fsp3) is 0.941. The average molecular weight is 293 g/mol. The number of rotatable bonds is 3. The molecule has 3 aliphatic rings. The minimum absolute atomic E-state index is 0.216. The molecule has 1 amide bonds. The van der Waals surface area contributed by atoms with E-state index in [0.717, 1.165) is 44.9 Å². The predicted octanol–water partition coefficient (Wildman–Crippen LogP) is 1.84. The van der Waals surface area contributed by atoms with E-state index < -0.39 is 0 Å². The lowest BCUT2D eigenvalue weighted by Crippen LogP contribution is -2.42. The lowest BCUT2D eigenvalue weighted by Gasteiger charge is -2.29. The molecule has 2 atom stereocenters. The monoisotopic (exact) mass is 293 g/mol. The Hall–Kier alpha value is -0.610. The number of carbonyl (C=O) groups is 1. The van der Waals surface area contributed by atoms with E-state index in [1.54, 1.807) is 0 Å². The highest BCUT2D eigenvalue weighted by molar-refractivity contribution is 5.79. The molecule has 0 spiro atoms. The van der Waals surface area contributed by atoms with Crippen LogP contribution < -0.4 is 5.73 Å². The van der Waals surface area contributed by atoms with E-state index in [0.29, 0.717) is 18.4 Å². The second-order valence-electron chi connectivity index (χ2n) is 7.19. The molecule has 120 valence electrons. The first-order valence-electron chi connectivity index (χ1n) is 9.02. The minimum Gasteiger partial charge on any atom is -0.341 e. The van der Waals surface area contributed by atoms with Gasteiger partial charge in [-0.25, -0.2) is 0 Å². The molecular formula is C17H31N3O. The third kappa shape index (κ3) is 3.42. The van der Waals surface area contributed by atoms with Crippen molar-refractivity contribution in [1.82, 2.24) is 9.80 Å². The van der Waals surface area contributed by atoms with Crippen LogP contribution in [-0.4, -0.2) is 54.5 Å². The number of nitrogens with two attached hydrogens (primary N) is 1. The Morgan fingerprint density at radius 2 is 1.71 bits per heavy atom. The van der Waals surface area contributed by atoms with Crippen molar-refractivity contribution in [2.75, 3.05) is 32.7 Å². The SMILES string of the molecule is NC[C@H]1CCC[C@H]1C(=O)N1CCCN(C2CCCC2)CC1. The van der Waals surface area contributed by atoms with Crippen LogP contribution in [0.4, 0.5) is 0 Å². The molecule has 0 aromatic rings. The molecule has 0 aromatic heterocycles. The van der Waals surface area contributed by atoms with Gasteiger partial charge in [-0.3, -0.25) is 9.69 Å². The maximum Gasteiger partial charge on any atom is 0.226 e. The van der Waals surface area contributed by atoms with Crippen molar-refractivity contribution < 1.29 is 4.79 Å². The lowest BCUT2D eigenvalue weighted by atomic mass is 9.94. The van der Waals surface area contributed by atoms with Gasteiger partial charge in [-0.2, -0.15) is 0 Å². The highest BCUT2D eigenvalue weighted by atomic mass is 16.2. The van der Waals surface area contributed by atoms with E-state index in [4.69, 9.17) is 5.73 Å². The van der Waals surface area contributed by atoms with E-state index in [1.807, 2.05) is 0 Å². The van der Waals surface area contributed by atoms with Crippen molar-refractivity contribution in [2.24, 2.45) is 17.6 Å². The Morgan fingerprint density at radius 3 is 2.48 bits per heavy atom. The van der Waals surface area contributed by atoms with Crippen molar-refractivity contribution in [3.8, 4) is 0 Å². The molecule has 2 saturated carbocycles. The predicted molar refractivity (Wildman–Crippen MR) is 84.9 cm³/mol. The van der Waals surface area contributed by atoms with Gasteiger partial charge in [-0.1, -0.05) is 19.3 Å². The van der Waals surface area contributed by atoms with Crippen molar-refractivity contribution in [1.29, 1.82) is 0 Å². The Labute approximate surface area is 129 Å². The van der Waals surface area contributed by atoms with Crippen LogP contribution in [0.2, 0.25) is 0 Å². The summed E-state index contributed by atoms with van der Waals surface area (Å²) < 4.78 is 0. The van der Waals surface area contributed by atoms with Crippen LogP contribution in [-0.2, 0) is 4.79 Å². The maximum absolute atomic E-state index is 12.8. The number of carbonyl (C=O) groups excluding carboxylic acids is 1. The molecular weight excluding hydrogens is 262 g/mol. The molecule has 0 radical (unpaired) electrons. The van der Waals surface area contributed by atoms with Gasteiger partial charge in [0.2, 0.25) is 5.91 Å². The summed E-state index contributed by atoms with van der Waals surface area (Å²) in [7, 11) is 0. The zero-order valence-corrected chi connectivity index (χ0v) is 13.3. The van der Waals surface area contributed by atoms with Gasteiger partial charge in [-0.05, 0) is 44.6 Å². The minimum atomic E-state index is 0.216. The molecule has 0 unspecified atom stereocenters. The van der Waals surface area contributed by atoms with Crippen LogP contribution >= 0.6 is 0 Å². The molecule has 2 aliphatic carbocycles. The van der Waals surface area contributed by atoms with Crippen LogP contribution in [0.3, 0.4) is 0 Å². The molecule has 0 bridgehead atoms. The van der Waals surface area contributed by atoms with Crippen LogP contribution in [0, 0.1) is 11.8 Å². The largest absolute Gasteiger partial charge is 0.341 e. The summed E-state index contributed by atoms with van der Waals surface area (Å²) in [4.78, 5) is 17.6. The Morgan fingerprint density at radius 1 is 0.905 bits per heavy atom. The van der Waals surface area contributed by atoms with E-state index in [1.165, 1.54) is 38.6 Å². The quantitative estimate of drug-likeness (QED) is 0.864. The van der Waals surface area contributed by atoms with Gasteiger partial charge < -0.3 is 10.6 Å². The Balaban J connectivity index is 1.55. The topological polar surface area (TPSA) is 49.6 Å². The van der Waals surface area contributed by atoms with Crippen molar-refractivity contribution >= 4 is 5.91 Å². The lowest BCUT2D eigenvalue weighted by molar-refractivity contribution is -0.136. The summed E-state index contributed by atoms with van der Waals surface area (Å²) in [5.41, 5.74) is 5.85. The first kappa shape index (κ1) is 15.3. The normalized spacial score (nSPS) is 32.5. The summed E-state index contributed by atoms with van der Waals surface area (Å²) in [5, 5.41) is 0. The van der Waals surface area contributed by atoms with Gasteiger partial charge in [0, 0.05) is 38.1 Å². The van der Waals surface area contributed by atoms with Crippen molar-refractivity contribution in [3.05, 3.63) is 0 Å².